The summed E-state index contributed by atoms with van der Waals surface area (Å²) in [6.07, 6.45) is 21.9. The Bertz CT molecular complexity index is 580. The van der Waals surface area contributed by atoms with Crippen molar-refractivity contribution in [1.29, 1.82) is 0 Å². The summed E-state index contributed by atoms with van der Waals surface area (Å²) in [5, 5.41) is 19.4. The smallest absolute Gasteiger partial charge is 0.545 e. The van der Waals surface area contributed by atoms with Gasteiger partial charge in [-0.05, 0) is 38.2 Å². The number of allylic oxidation sites excluding steroid dienone is 2. The molecule has 0 aromatic carbocycles. The van der Waals surface area contributed by atoms with Gasteiger partial charge in [-0.2, -0.15) is 0 Å². The van der Waals surface area contributed by atoms with Crippen molar-refractivity contribution < 1.29 is 58.9 Å². The predicted octanol–water partition coefficient (Wildman–Crippen LogP) is 0.698. The van der Waals surface area contributed by atoms with Crippen LogP contribution in [0.5, 0.6) is 0 Å². The molecule has 190 valence electrons. The average molecular weight is 490 g/mol. The molecular weight excluding hydrogens is 445 g/mol. The summed E-state index contributed by atoms with van der Waals surface area (Å²) < 4.78 is 4.85. The van der Waals surface area contributed by atoms with Crippen LogP contribution in [0.1, 0.15) is 96.8 Å². The molecule has 0 rings (SSSR count). The number of unbranched alkanes of at least 4 members (excludes halogenated alkanes) is 11. The Labute approximate surface area is 228 Å². The van der Waals surface area contributed by atoms with E-state index in [9.17, 15) is 19.5 Å². The topological polar surface area (TPSA) is 107 Å². The van der Waals surface area contributed by atoms with E-state index in [1.165, 1.54) is 56.3 Å². The van der Waals surface area contributed by atoms with Gasteiger partial charge < -0.3 is 24.6 Å². The van der Waals surface area contributed by atoms with E-state index in [0.29, 0.717) is 12.5 Å². The van der Waals surface area contributed by atoms with E-state index in [0.717, 1.165) is 38.2 Å². The van der Waals surface area contributed by atoms with E-state index >= 15 is 0 Å². The molecule has 0 radical (unpaired) electrons. The maximum Gasteiger partial charge on any atom is 1.00 e. The Kier molecular flexibility index (Phi) is 27.2. The zero-order chi connectivity index (χ0) is 24.6. The summed E-state index contributed by atoms with van der Waals surface area (Å²) in [7, 11) is 0. The maximum atomic E-state index is 12.3. The molecule has 0 bridgehead atoms. The van der Waals surface area contributed by atoms with E-state index < -0.39 is 11.9 Å². The third-order valence-corrected chi connectivity index (χ3v) is 5.34. The minimum atomic E-state index is -1.48. The third kappa shape index (κ3) is 24.0. The van der Waals surface area contributed by atoms with E-state index in [1.54, 1.807) is 0 Å². The predicted molar refractivity (Wildman–Crippen MR) is 128 cm³/mol. The van der Waals surface area contributed by atoms with Crippen LogP contribution in [0.25, 0.3) is 0 Å². The van der Waals surface area contributed by atoms with Crippen molar-refractivity contribution in [3.63, 3.8) is 0 Å². The first-order chi connectivity index (χ1) is 16.0. The molecule has 0 atom stereocenters. The summed E-state index contributed by atoms with van der Waals surface area (Å²) in [4.78, 5) is 35.4. The van der Waals surface area contributed by atoms with Gasteiger partial charge in [0.2, 0.25) is 5.91 Å². The van der Waals surface area contributed by atoms with Gasteiger partial charge in [-0.3, -0.25) is 4.79 Å². The maximum absolute atomic E-state index is 12.3. The van der Waals surface area contributed by atoms with Crippen molar-refractivity contribution in [3.8, 4) is 0 Å². The molecule has 0 spiro atoms. The number of carbonyl (C=O) groups excluding carboxylic acids is 3. The zero-order valence-electron chi connectivity index (χ0n) is 21.5. The van der Waals surface area contributed by atoms with Crippen LogP contribution >= 0.6 is 0 Å². The normalized spacial score (nSPS) is 11.0. The first-order valence-corrected chi connectivity index (χ1v) is 12.6. The van der Waals surface area contributed by atoms with Crippen molar-refractivity contribution in [2.24, 2.45) is 0 Å². The van der Waals surface area contributed by atoms with Gasteiger partial charge in [-0.1, -0.05) is 70.4 Å². The van der Waals surface area contributed by atoms with Crippen LogP contribution in [-0.4, -0.2) is 54.2 Å². The van der Waals surface area contributed by atoms with Gasteiger partial charge >= 0.3 is 35.5 Å². The second-order valence-corrected chi connectivity index (χ2v) is 8.26. The van der Waals surface area contributed by atoms with Gasteiger partial charge in [0.05, 0.1) is 19.1 Å². The van der Waals surface area contributed by atoms with Gasteiger partial charge in [0, 0.05) is 19.0 Å². The first kappa shape index (κ1) is 35.0. The minimum absolute atomic E-state index is 0. The Morgan fingerprint density at radius 3 is 1.94 bits per heavy atom. The number of rotatable bonds is 22. The van der Waals surface area contributed by atoms with Gasteiger partial charge in [0.25, 0.3) is 0 Å². The summed E-state index contributed by atoms with van der Waals surface area (Å²) >= 11 is 0. The molecule has 0 aliphatic carbocycles. The number of hydrogen-bond acceptors (Lipinski definition) is 6. The van der Waals surface area contributed by atoms with Crippen molar-refractivity contribution in [1.82, 2.24) is 4.90 Å². The van der Waals surface area contributed by atoms with Gasteiger partial charge in [-0.15, -0.1) is 0 Å². The molecule has 7 nitrogen and oxygen atoms in total. The standard InChI is InChI=1S/C26H45NO6.Na/c1-2-3-4-5-6-7-8-9-10-11-12-13-14-15-16-17-24(29)27(20-22-28)21-23-33-26(32)19-18-25(30)31;/h9-10,18-19,28H,2-8,11-17,20-23H2,1H3,(H,30,31);/q;+1/p-1. The molecule has 0 heterocycles. The molecule has 0 saturated heterocycles. The van der Waals surface area contributed by atoms with Crippen LogP contribution in [0, 0.1) is 0 Å². The number of hydrogen-bond donors (Lipinski definition) is 1. The monoisotopic (exact) mass is 489 g/mol. The molecule has 0 aliphatic rings. The summed E-state index contributed by atoms with van der Waals surface area (Å²) in [5.41, 5.74) is 0. The zero-order valence-corrected chi connectivity index (χ0v) is 23.5. The fraction of sp³-hybridized carbons (Fsp3) is 0.731. The molecule has 0 aliphatic heterocycles. The summed E-state index contributed by atoms with van der Waals surface area (Å²) in [6.45, 7) is 2.35. The Balaban J connectivity index is 0. The van der Waals surface area contributed by atoms with Gasteiger partial charge in [0.15, 0.2) is 0 Å². The molecule has 0 aromatic rings. The van der Waals surface area contributed by atoms with Crippen molar-refractivity contribution in [2.75, 3.05) is 26.3 Å². The number of nitrogens with zero attached hydrogens (tertiary/aromatic N) is 1. The number of aliphatic hydroxyl groups excluding tert-OH is 1. The molecule has 0 fully saturated rings. The van der Waals surface area contributed by atoms with Crippen molar-refractivity contribution in [3.05, 3.63) is 24.3 Å². The quantitative estimate of drug-likeness (QED) is 0.0789. The average Bonchev–Trinajstić information content (AvgIpc) is 2.79. The number of amides is 1. The van der Waals surface area contributed by atoms with Gasteiger partial charge in [0.1, 0.15) is 6.61 Å². The molecule has 0 unspecified atom stereocenters. The number of carbonyl (C=O) groups is 3. The van der Waals surface area contributed by atoms with Crippen LogP contribution in [0.3, 0.4) is 0 Å². The van der Waals surface area contributed by atoms with E-state index in [1.807, 2.05) is 0 Å². The van der Waals surface area contributed by atoms with Crippen molar-refractivity contribution in [2.45, 2.75) is 96.8 Å². The third-order valence-electron chi connectivity index (χ3n) is 5.34. The molecular formula is C26H44NNaO6. The molecule has 0 aromatic heterocycles. The van der Waals surface area contributed by atoms with Crippen LogP contribution in [0.15, 0.2) is 24.3 Å². The fourth-order valence-corrected chi connectivity index (χ4v) is 3.43. The summed E-state index contributed by atoms with van der Waals surface area (Å²) in [5.74, 6) is -2.38. The Morgan fingerprint density at radius 1 is 0.824 bits per heavy atom. The molecule has 1 amide bonds. The van der Waals surface area contributed by atoms with Crippen LogP contribution in [-0.2, 0) is 19.1 Å². The largest absolute Gasteiger partial charge is 1.00 e. The number of ether oxygens (including phenoxy) is 1. The Hall–Kier alpha value is -1.15. The number of carboxylic acids is 1. The van der Waals surface area contributed by atoms with Crippen molar-refractivity contribution >= 4 is 17.8 Å². The second kappa shape index (κ2) is 26.5. The Morgan fingerprint density at radius 2 is 1.38 bits per heavy atom. The van der Waals surface area contributed by atoms with Gasteiger partial charge in [-0.25, -0.2) is 4.79 Å². The minimum Gasteiger partial charge on any atom is -0.545 e. The molecule has 1 N–H and O–H groups in total. The number of esters is 1. The van der Waals surface area contributed by atoms with E-state index in [4.69, 9.17) is 9.84 Å². The number of aliphatic carboxylic acids is 1. The van der Waals surface area contributed by atoms with E-state index in [2.05, 4.69) is 19.1 Å². The number of aliphatic hydroxyl groups is 1. The fourth-order valence-electron chi connectivity index (χ4n) is 3.43. The second-order valence-electron chi connectivity index (χ2n) is 8.26. The SMILES string of the molecule is CCCCCCCCC=CCCCCCCCC(=O)N(CCO)CCOC(=O)C=CC(=O)[O-].[Na+]. The van der Waals surface area contributed by atoms with Crippen LogP contribution in [0.4, 0.5) is 0 Å². The molecule has 34 heavy (non-hydrogen) atoms. The molecule has 8 heteroatoms. The molecule has 0 saturated carbocycles. The van der Waals surface area contributed by atoms with Crippen LogP contribution in [0.2, 0.25) is 0 Å². The number of carboxylic acid groups (broad SMARTS) is 1. The first-order valence-electron chi connectivity index (χ1n) is 12.6. The summed E-state index contributed by atoms with van der Waals surface area (Å²) in [6, 6.07) is 0. The van der Waals surface area contributed by atoms with E-state index in [-0.39, 0.29) is 61.8 Å². The van der Waals surface area contributed by atoms with Crippen LogP contribution < -0.4 is 34.7 Å².